The lowest BCUT2D eigenvalue weighted by Crippen LogP contribution is -2.40. The van der Waals surface area contributed by atoms with Crippen molar-refractivity contribution in [3.63, 3.8) is 0 Å². The maximum absolute atomic E-state index is 11.6. The summed E-state index contributed by atoms with van der Waals surface area (Å²) in [5.74, 6) is 1.66. The summed E-state index contributed by atoms with van der Waals surface area (Å²) in [5, 5.41) is 6.11. The van der Waals surface area contributed by atoms with Crippen molar-refractivity contribution < 1.29 is 9.53 Å². The molecule has 0 spiro atoms. The molecule has 4 heteroatoms. The smallest absolute Gasteiger partial charge is 0.233 e. The van der Waals surface area contributed by atoms with E-state index in [1.54, 1.807) is 0 Å². The molecule has 1 amide bonds. The Kier molecular flexibility index (Phi) is 5.41. The number of benzene rings is 1. The number of amides is 1. The van der Waals surface area contributed by atoms with Crippen LogP contribution in [-0.4, -0.2) is 31.6 Å². The van der Waals surface area contributed by atoms with Crippen molar-refractivity contribution >= 4 is 5.91 Å². The van der Waals surface area contributed by atoms with Gasteiger partial charge in [-0.05, 0) is 44.7 Å². The van der Waals surface area contributed by atoms with E-state index in [-0.39, 0.29) is 11.9 Å². The van der Waals surface area contributed by atoms with Gasteiger partial charge in [-0.1, -0.05) is 17.7 Å². The van der Waals surface area contributed by atoms with Gasteiger partial charge in [0.25, 0.3) is 0 Å². The van der Waals surface area contributed by atoms with Crippen molar-refractivity contribution in [3.05, 3.63) is 29.8 Å². The monoisotopic (exact) mass is 276 g/mol. The summed E-state index contributed by atoms with van der Waals surface area (Å²) < 4.78 is 5.67. The molecule has 4 nitrogen and oxygen atoms in total. The molecule has 1 saturated carbocycles. The second kappa shape index (κ2) is 7.29. The highest BCUT2D eigenvalue weighted by Gasteiger charge is 2.21. The van der Waals surface area contributed by atoms with Crippen molar-refractivity contribution in [3.8, 4) is 5.75 Å². The Morgan fingerprint density at radius 3 is 2.70 bits per heavy atom. The van der Waals surface area contributed by atoms with Crippen LogP contribution in [0.15, 0.2) is 24.3 Å². The van der Waals surface area contributed by atoms with E-state index in [2.05, 4.69) is 10.6 Å². The van der Waals surface area contributed by atoms with Crippen LogP contribution in [0.1, 0.15) is 25.3 Å². The Bertz CT molecular complexity index is 427. The number of hydrogen-bond donors (Lipinski definition) is 2. The first-order valence-corrected chi connectivity index (χ1v) is 7.33. The molecule has 0 aliphatic heterocycles. The van der Waals surface area contributed by atoms with Gasteiger partial charge in [-0.2, -0.15) is 0 Å². The van der Waals surface area contributed by atoms with Crippen LogP contribution >= 0.6 is 0 Å². The first-order valence-electron chi connectivity index (χ1n) is 7.33. The average molecular weight is 276 g/mol. The number of carbonyl (C=O) groups is 1. The van der Waals surface area contributed by atoms with Crippen molar-refractivity contribution in [2.75, 3.05) is 19.7 Å². The van der Waals surface area contributed by atoms with Gasteiger partial charge < -0.3 is 15.4 Å². The second-order valence-corrected chi connectivity index (χ2v) is 5.65. The fraction of sp³-hybridized carbons (Fsp3) is 0.562. The Balaban J connectivity index is 1.58. The third-order valence-corrected chi connectivity index (χ3v) is 3.42. The molecule has 0 radical (unpaired) electrons. The van der Waals surface area contributed by atoms with Gasteiger partial charge in [0.1, 0.15) is 12.4 Å². The number of hydrogen-bond acceptors (Lipinski definition) is 3. The summed E-state index contributed by atoms with van der Waals surface area (Å²) in [6.07, 6.45) is 2.52. The lowest BCUT2D eigenvalue weighted by Gasteiger charge is -2.15. The number of carbonyl (C=O) groups excluding carboxylic acids is 1. The van der Waals surface area contributed by atoms with E-state index in [4.69, 9.17) is 4.74 Å². The van der Waals surface area contributed by atoms with Gasteiger partial charge in [0.05, 0.1) is 6.54 Å². The molecule has 2 N–H and O–H groups in total. The van der Waals surface area contributed by atoms with Crippen LogP contribution < -0.4 is 15.4 Å². The van der Waals surface area contributed by atoms with E-state index < -0.39 is 0 Å². The van der Waals surface area contributed by atoms with Crippen LogP contribution in [-0.2, 0) is 4.79 Å². The lowest BCUT2D eigenvalue weighted by molar-refractivity contribution is -0.120. The van der Waals surface area contributed by atoms with Crippen molar-refractivity contribution in [1.29, 1.82) is 0 Å². The zero-order valence-corrected chi connectivity index (χ0v) is 12.3. The predicted octanol–water partition coefficient (Wildman–Crippen LogP) is 1.88. The molecular formula is C16H24N2O2. The highest BCUT2D eigenvalue weighted by Crippen LogP contribution is 2.27. The number of ether oxygens (including phenoxy) is 1. The quantitative estimate of drug-likeness (QED) is 0.762. The molecule has 0 heterocycles. The Morgan fingerprint density at radius 1 is 1.35 bits per heavy atom. The molecule has 0 saturated heterocycles. The standard InChI is InChI=1S/C16H24N2O2/c1-12-3-7-15(8-4-12)20-11-13(2)17-10-16(19)18-9-14-5-6-14/h3-4,7-8,13-14,17H,5-6,9-11H2,1-2H3,(H,18,19). The summed E-state index contributed by atoms with van der Waals surface area (Å²) in [7, 11) is 0. The first kappa shape index (κ1) is 14.9. The Morgan fingerprint density at radius 2 is 2.05 bits per heavy atom. The van der Waals surface area contributed by atoms with E-state index in [1.165, 1.54) is 18.4 Å². The van der Waals surface area contributed by atoms with E-state index in [1.807, 2.05) is 38.1 Å². The van der Waals surface area contributed by atoms with E-state index in [9.17, 15) is 4.79 Å². The highest BCUT2D eigenvalue weighted by atomic mass is 16.5. The molecule has 1 aromatic carbocycles. The molecule has 1 fully saturated rings. The van der Waals surface area contributed by atoms with Crippen molar-refractivity contribution in [2.45, 2.75) is 32.7 Å². The largest absolute Gasteiger partial charge is 0.492 e. The van der Waals surface area contributed by atoms with Gasteiger partial charge in [-0.15, -0.1) is 0 Å². The fourth-order valence-electron chi connectivity index (χ4n) is 1.82. The Hall–Kier alpha value is -1.55. The van der Waals surface area contributed by atoms with Crippen LogP contribution in [0.4, 0.5) is 0 Å². The van der Waals surface area contributed by atoms with Gasteiger partial charge in [-0.25, -0.2) is 0 Å². The molecule has 0 bridgehead atoms. The summed E-state index contributed by atoms with van der Waals surface area (Å²) >= 11 is 0. The number of nitrogens with one attached hydrogen (secondary N) is 2. The molecule has 1 unspecified atom stereocenters. The van der Waals surface area contributed by atoms with Gasteiger partial charge in [-0.3, -0.25) is 4.79 Å². The molecule has 1 aliphatic rings. The van der Waals surface area contributed by atoms with Gasteiger partial charge in [0.2, 0.25) is 5.91 Å². The maximum Gasteiger partial charge on any atom is 0.233 e. The van der Waals surface area contributed by atoms with Crippen LogP contribution in [0.25, 0.3) is 0 Å². The molecule has 1 aromatic rings. The number of aryl methyl sites for hydroxylation is 1. The zero-order chi connectivity index (χ0) is 14.4. The second-order valence-electron chi connectivity index (χ2n) is 5.65. The van der Waals surface area contributed by atoms with Gasteiger partial charge in [0, 0.05) is 12.6 Å². The first-order chi connectivity index (χ1) is 9.63. The topological polar surface area (TPSA) is 50.4 Å². The molecule has 0 aromatic heterocycles. The van der Waals surface area contributed by atoms with E-state index in [0.29, 0.717) is 13.2 Å². The number of rotatable bonds is 8. The van der Waals surface area contributed by atoms with Crippen molar-refractivity contribution in [2.24, 2.45) is 5.92 Å². The fourth-order valence-corrected chi connectivity index (χ4v) is 1.82. The molecule has 110 valence electrons. The molecule has 2 rings (SSSR count). The van der Waals surface area contributed by atoms with Crippen LogP contribution in [0.3, 0.4) is 0 Å². The van der Waals surface area contributed by atoms with E-state index >= 15 is 0 Å². The molecular weight excluding hydrogens is 252 g/mol. The minimum Gasteiger partial charge on any atom is -0.492 e. The lowest BCUT2D eigenvalue weighted by atomic mass is 10.2. The van der Waals surface area contributed by atoms with Gasteiger partial charge >= 0.3 is 0 Å². The minimum atomic E-state index is 0.0686. The third-order valence-electron chi connectivity index (χ3n) is 3.42. The summed E-state index contributed by atoms with van der Waals surface area (Å²) in [6.45, 7) is 5.80. The molecule has 1 aliphatic carbocycles. The van der Waals surface area contributed by atoms with Crippen LogP contribution in [0.5, 0.6) is 5.75 Å². The predicted molar refractivity (Wildman–Crippen MR) is 79.9 cm³/mol. The van der Waals surface area contributed by atoms with Gasteiger partial charge in [0.15, 0.2) is 0 Å². The maximum atomic E-state index is 11.6. The zero-order valence-electron chi connectivity index (χ0n) is 12.3. The average Bonchev–Trinajstić information content (AvgIpc) is 3.26. The van der Waals surface area contributed by atoms with Crippen molar-refractivity contribution in [1.82, 2.24) is 10.6 Å². The minimum absolute atomic E-state index is 0.0686. The summed E-state index contributed by atoms with van der Waals surface area (Å²) in [5.41, 5.74) is 1.22. The summed E-state index contributed by atoms with van der Waals surface area (Å²) in [6, 6.07) is 8.12. The Labute approximate surface area is 120 Å². The highest BCUT2D eigenvalue weighted by molar-refractivity contribution is 5.78. The normalized spacial score (nSPS) is 15.7. The van der Waals surface area contributed by atoms with E-state index in [0.717, 1.165) is 18.2 Å². The molecule has 1 atom stereocenters. The summed E-state index contributed by atoms with van der Waals surface area (Å²) in [4.78, 5) is 11.6. The molecule has 20 heavy (non-hydrogen) atoms. The third kappa shape index (κ3) is 5.61. The SMILES string of the molecule is Cc1ccc(OCC(C)NCC(=O)NCC2CC2)cc1. The van der Waals surface area contributed by atoms with Crippen LogP contribution in [0.2, 0.25) is 0 Å². The van der Waals surface area contributed by atoms with Crippen LogP contribution in [0, 0.1) is 12.8 Å².